The average molecular weight is 1050 g/mol. The van der Waals surface area contributed by atoms with Gasteiger partial charge < -0.3 is 68.3 Å². The first-order chi connectivity index (χ1) is 35.3. The third kappa shape index (κ3) is 19.7. The maximum absolute atomic E-state index is 14.4. The van der Waals surface area contributed by atoms with Crippen LogP contribution in [0.1, 0.15) is 71.4 Å². The second kappa shape index (κ2) is 29.6. The summed E-state index contributed by atoms with van der Waals surface area (Å²) < 4.78 is 5.82. The first-order valence-electron chi connectivity index (χ1n) is 24.3. The summed E-state index contributed by atoms with van der Waals surface area (Å²) in [5.74, 6) is -13.0. The number of phenols is 1. The minimum absolute atomic E-state index is 0.00181. The highest BCUT2D eigenvalue weighted by atomic mass is 16.5. The molecule has 2 aromatic carbocycles. The molecule has 0 aliphatic carbocycles. The van der Waals surface area contributed by atoms with E-state index in [0.29, 0.717) is 17.6 Å². The van der Waals surface area contributed by atoms with Crippen molar-refractivity contribution < 1.29 is 63.2 Å². The molecule has 0 radical (unpaired) electrons. The molecule has 13 N–H and O–H groups in total. The number of guanidine groups is 1. The number of phenolic OH excluding ortho intramolecular Hbond substituents is 1. The van der Waals surface area contributed by atoms with Crippen molar-refractivity contribution >= 4 is 59.2 Å². The molecule has 1 fully saturated rings. The van der Waals surface area contributed by atoms with E-state index in [2.05, 4.69) is 43.5 Å². The molecule has 7 amide bonds. The molecule has 1 aliphatic heterocycles. The molecule has 0 bridgehead atoms. The lowest BCUT2D eigenvalue weighted by Crippen LogP contribution is -2.59. The second-order valence-electron chi connectivity index (χ2n) is 18.5. The van der Waals surface area contributed by atoms with Gasteiger partial charge in [0.05, 0.1) is 24.0 Å². The van der Waals surface area contributed by atoms with Crippen molar-refractivity contribution in [2.24, 2.45) is 34.2 Å². The van der Waals surface area contributed by atoms with E-state index in [9.17, 15) is 58.5 Å². The lowest BCUT2D eigenvalue weighted by atomic mass is 9.94. The summed E-state index contributed by atoms with van der Waals surface area (Å²) in [4.78, 5) is 127. The highest BCUT2D eigenvalue weighted by Crippen LogP contribution is 2.19. The Morgan fingerprint density at radius 3 is 2.03 bits per heavy atom. The van der Waals surface area contributed by atoms with Crippen LogP contribution in [-0.4, -0.2) is 143 Å². The van der Waals surface area contributed by atoms with Crippen LogP contribution in [0.5, 0.6) is 5.75 Å². The molecule has 0 unspecified atom stereocenters. The highest BCUT2D eigenvalue weighted by molar-refractivity contribution is 6.00. The Kier molecular flexibility index (Phi) is 24.1. The van der Waals surface area contributed by atoms with Crippen molar-refractivity contribution in [1.29, 1.82) is 0 Å². The van der Waals surface area contributed by atoms with Gasteiger partial charge in [-0.25, -0.2) is 9.59 Å². The Bertz CT molecular complexity index is 2460. The molecular weight excluding hydrogens is 973 g/mol. The van der Waals surface area contributed by atoms with Crippen LogP contribution in [0.15, 0.2) is 95.7 Å². The van der Waals surface area contributed by atoms with Crippen LogP contribution in [0.25, 0.3) is 0 Å². The Morgan fingerprint density at radius 2 is 1.43 bits per heavy atom. The Balaban J connectivity index is 2.14. The predicted molar refractivity (Wildman–Crippen MR) is 277 cm³/mol. The lowest BCUT2D eigenvalue weighted by molar-refractivity contribution is -0.146. The van der Waals surface area contributed by atoms with Crippen LogP contribution in [0, 0.1) is 17.8 Å². The number of hydrogen-bond acceptors (Lipinski definition) is 12. The molecule has 10 atom stereocenters. The molecule has 23 heteroatoms. The van der Waals surface area contributed by atoms with E-state index < -0.39 is 120 Å². The van der Waals surface area contributed by atoms with Crippen molar-refractivity contribution in [3.05, 3.63) is 102 Å². The van der Waals surface area contributed by atoms with E-state index in [0.717, 1.165) is 10.5 Å². The third-order valence-electron chi connectivity index (χ3n) is 12.6. The van der Waals surface area contributed by atoms with Gasteiger partial charge in [0.1, 0.15) is 41.7 Å². The molecule has 3 rings (SSSR count). The number of aliphatic imine (C=N–C) groups is 1. The van der Waals surface area contributed by atoms with Gasteiger partial charge in [-0.1, -0.05) is 93.6 Å². The van der Waals surface area contributed by atoms with E-state index in [4.69, 9.17) is 16.2 Å². The van der Waals surface area contributed by atoms with Crippen LogP contribution in [-0.2, 0) is 60.7 Å². The van der Waals surface area contributed by atoms with Gasteiger partial charge in [-0.05, 0) is 62.8 Å². The number of hydrogen-bond donors (Lipinski definition) is 11. The van der Waals surface area contributed by atoms with Gasteiger partial charge in [0, 0.05) is 39.5 Å². The number of allylic oxidation sites excluding steroid dienone is 2. The van der Waals surface area contributed by atoms with E-state index in [-0.39, 0.29) is 49.5 Å². The molecular formula is C52H72N10O13. The second-order valence-corrected chi connectivity index (χ2v) is 18.5. The minimum Gasteiger partial charge on any atom is -0.508 e. The maximum Gasteiger partial charge on any atom is 0.327 e. The zero-order valence-corrected chi connectivity index (χ0v) is 43.3. The van der Waals surface area contributed by atoms with Gasteiger partial charge in [0.2, 0.25) is 35.4 Å². The molecule has 0 spiro atoms. The molecule has 0 saturated carbocycles. The number of nitrogens with one attached hydrogen (secondary N) is 6. The number of carbonyl (C=O) groups is 9. The summed E-state index contributed by atoms with van der Waals surface area (Å²) in [5, 5.41) is 45.4. The summed E-state index contributed by atoms with van der Waals surface area (Å²) in [6, 6.07) is 6.06. The maximum atomic E-state index is 14.4. The molecule has 1 saturated heterocycles. The van der Waals surface area contributed by atoms with Gasteiger partial charge in [-0.3, -0.25) is 38.6 Å². The Labute approximate surface area is 436 Å². The van der Waals surface area contributed by atoms with Crippen LogP contribution >= 0.6 is 0 Å². The molecule has 23 nitrogen and oxygen atoms in total. The highest BCUT2D eigenvalue weighted by Gasteiger charge is 2.37. The first kappa shape index (κ1) is 61.2. The normalized spacial score (nSPS) is 24.5. The van der Waals surface area contributed by atoms with Gasteiger partial charge in [0.25, 0.3) is 5.91 Å². The number of ether oxygens (including phenoxy) is 1. The fraction of sp³-hybridized carbons (Fsp3) is 0.462. The zero-order valence-electron chi connectivity index (χ0n) is 43.3. The lowest BCUT2D eigenvalue weighted by Gasteiger charge is -2.28. The predicted octanol–water partition coefficient (Wildman–Crippen LogP) is 0.521. The van der Waals surface area contributed by atoms with E-state index >= 15 is 0 Å². The number of likely N-dealkylation sites (N-methyl/N-ethyl adjacent to an activating group) is 1. The molecule has 75 heavy (non-hydrogen) atoms. The number of carboxylic acids is 2. The fourth-order valence-electron chi connectivity index (χ4n) is 7.83. The van der Waals surface area contributed by atoms with Crippen LogP contribution < -0.4 is 43.4 Å². The standard InChI is InChI=1S/C52H72N10O13/c1-28(25-29(2)41(75-8)27-34-13-10-9-11-14-34)16-21-37-30(3)44(65)59-39(50(71)72)22-23-42(64)62(7)33(6)47(68)56-32(5)46(67)60-40(26-35-17-19-36(63)20-18-35)49(70)61-43(51(73)74)31(4)45(66)58-38(48(69)57-37)15-12-24-55-52(53)54/h9-11,13-14,16-21,25,29-32,37-41,43,63H,6,12,15,22-24,26-27H2,1-5,7-8H3,(H,56,68)(H,57,69)(H,58,66)(H,59,65)(H,60,67)(H,61,70)(H,71,72)(H,73,74)(H4,53,54,55)/b21-16+,28-25+/t29-,30-,31-,32+,37-,38-,39+,40-,41-,43+/m0/s1. The number of amides is 7. The number of aromatic hydroxyl groups is 1. The molecule has 1 heterocycles. The quantitative estimate of drug-likeness (QED) is 0.0381. The van der Waals surface area contributed by atoms with Gasteiger partial charge in [-0.2, -0.15) is 0 Å². The van der Waals surface area contributed by atoms with Crippen molar-refractivity contribution in [2.75, 3.05) is 20.7 Å². The van der Waals surface area contributed by atoms with Crippen molar-refractivity contribution in [3.8, 4) is 5.75 Å². The van der Waals surface area contributed by atoms with Crippen molar-refractivity contribution in [1.82, 2.24) is 36.8 Å². The molecule has 1 aliphatic rings. The fourth-order valence-corrected chi connectivity index (χ4v) is 7.83. The summed E-state index contributed by atoms with van der Waals surface area (Å²) in [6.07, 6.45) is 4.20. The first-order valence-corrected chi connectivity index (χ1v) is 24.3. The SMILES string of the molecule is C=C1C(=O)N[C@H](C)C(=O)N[C@@H](Cc2ccc(O)cc2)C(=O)N[C@@H](C(=O)O)[C@H](C)C(=O)N[C@@H](CCCN=C(N)N)C(=O)N[C@@H](/C=C/C(C)=C/[C@H](C)[C@H](Cc2ccccc2)OC)[C@H](C)C(=O)N[C@@H](C(=O)O)CCC(=O)N1C. The summed E-state index contributed by atoms with van der Waals surface area (Å²) in [6.45, 7) is 11.3. The molecule has 408 valence electrons. The van der Waals surface area contributed by atoms with Crippen LogP contribution in [0.4, 0.5) is 0 Å². The number of rotatable bonds is 15. The van der Waals surface area contributed by atoms with Crippen molar-refractivity contribution in [3.63, 3.8) is 0 Å². The third-order valence-corrected chi connectivity index (χ3v) is 12.6. The number of nitrogens with two attached hydrogens (primary N) is 2. The zero-order chi connectivity index (χ0) is 56.1. The van der Waals surface area contributed by atoms with Gasteiger partial charge in [0.15, 0.2) is 5.96 Å². The molecule has 2 aromatic rings. The van der Waals surface area contributed by atoms with Crippen LogP contribution in [0.2, 0.25) is 0 Å². The molecule has 0 aromatic heterocycles. The van der Waals surface area contributed by atoms with Crippen molar-refractivity contribution in [2.45, 2.75) is 115 Å². The summed E-state index contributed by atoms with van der Waals surface area (Å²) in [5.41, 5.74) is 12.7. The Hall–Kier alpha value is -8.08. The topological polar surface area (TPSA) is 363 Å². The van der Waals surface area contributed by atoms with Gasteiger partial charge >= 0.3 is 11.9 Å². The van der Waals surface area contributed by atoms with Gasteiger partial charge in [-0.15, -0.1) is 0 Å². The largest absolute Gasteiger partial charge is 0.508 e. The van der Waals surface area contributed by atoms with E-state index in [1.807, 2.05) is 43.3 Å². The number of benzene rings is 2. The summed E-state index contributed by atoms with van der Waals surface area (Å²) >= 11 is 0. The number of carbonyl (C=O) groups excluding carboxylic acids is 7. The van der Waals surface area contributed by atoms with E-state index in [1.165, 1.54) is 58.2 Å². The minimum atomic E-state index is -1.96. The smallest absolute Gasteiger partial charge is 0.327 e. The monoisotopic (exact) mass is 1040 g/mol. The Morgan fingerprint density at radius 1 is 0.813 bits per heavy atom. The number of carboxylic acid groups (broad SMARTS) is 2. The number of nitrogens with zero attached hydrogens (tertiary/aromatic N) is 2. The average Bonchev–Trinajstić information content (AvgIpc) is 3.36. The van der Waals surface area contributed by atoms with E-state index in [1.54, 1.807) is 20.1 Å². The summed E-state index contributed by atoms with van der Waals surface area (Å²) in [7, 11) is 2.80. The number of aliphatic carboxylic acids is 2. The number of methoxy groups -OCH3 is 1. The van der Waals surface area contributed by atoms with Crippen LogP contribution in [0.3, 0.4) is 0 Å².